The number of fused-ring (bicyclic) bond motifs is 1. The van der Waals surface area contributed by atoms with Gasteiger partial charge in [-0.15, -0.1) is 0 Å². The van der Waals surface area contributed by atoms with Crippen LogP contribution in [0, 0.1) is 10.1 Å². The van der Waals surface area contributed by atoms with Crippen LogP contribution >= 0.6 is 0 Å². The normalized spacial score (nSPS) is 16.7. The molecule has 0 bridgehead atoms. The Morgan fingerprint density at radius 2 is 2.04 bits per heavy atom. The zero-order chi connectivity index (χ0) is 18.1. The highest BCUT2D eigenvalue weighted by Gasteiger charge is 2.33. The quantitative estimate of drug-likeness (QED) is 0.472. The Hall–Kier alpha value is -2.84. The van der Waals surface area contributed by atoms with Gasteiger partial charge in [-0.2, -0.15) is 0 Å². The molecule has 9 heteroatoms. The van der Waals surface area contributed by atoms with Crippen LogP contribution in [0.1, 0.15) is 45.9 Å². The summed E-state index contributed by atoms with van der Waals surface area (Å²) in [6.07, 6.45) is 0.202. The highest BCUT2D eigenvalue weighted by molar-refractivity contribution is 6.37. The Balaban J connectivity index is 2.44. The van der Waals surface area contributed by atoms with Gasteiger partial charge in [-0.3, -0.25) is 14.9 Å². The molecule has 0 aliphatic carbocycles. The molecule has 24 heavy (non-hydrogen) atoms. The van der Waals surface area contributed by atoms with E-state index in [1.54, 1.807) is 20.8 Å². The molecule has 2 rings (SSSR count). The summed E-state index contributed by atoms with van der Waals surface area (Å²) >= 11 is 0. The number of carbonyl (C=O) groups excluding carboxylic acids is 2. The van der Waals surface area contributed by atoms with Gasteiger partial charge in [0.1, 0.15) is 23.2 Å². The van der Waals surface area contributed by atoms with Crippen molar-refractivity contribution in [3.8, 4) is 0 Å². The minimum atomic E-state index is -0.849. The van der Waals surface area contributed by atoms with Crippen LogP contribution in [0.25, 0.3) is 0 Å². The smallest absolute Gasteiger partial charge is 0.353 e. The van der Waals surface area contributed by atoms with Crippen molar-refractivity contribution in [2.24, 2.45) is 4.99 Å². The number of nitro groups is 1. The van der Waals surface area contributed by atoms with Crippen LogP contribution in [0.4, 0.5) is 11.4 Å². The van der Waals surface area contributed by atoms with E-state index in [1.165, 1.54) is 13.0 Å². The van der Waals surface area contributed by atoms with E-state index >= 15 is 0 Å². The van der Waals surface area contributed by atoms with Crippen LogP contribution in [-0.2, 0) is 19.1 Å². The van der Waals surface area contributed by atoms with E-state index in [-0.39, 0.29) is 29.2 Å². The number of pyridine rings is 1. The van der Waals surface area contributed by atoms with Gasteiger partial charge in [-0.25, -0.2) is 14.8 Å². The van der Waals surface area contributed by atoms with Crippen LogP contribution in [0.2, 0.25) is 0 Å². The summed E-state index contributed by atoms with van der Waals surface area (Å²) in [5, 5.41) is 10.9. The first kappa shape index (κ1) is 17.5. The summed E-state index contributed by atoms with van der Waals surface area (Å²) in [6.45, 7) is 6.35. The molecule has 0 fully saturated rings. The molecule has 0 N–H and O–H groups in total. The fourth-order valence-electron chi connectivity index (χ4n) is 2.12. The molecular weight excluding hydrogens is 318 g/mol. The highest BCUT2D eigenvalue weighted by atomic mass is 16.6. The molecule has 0 radical (unpaired) electrons. The lowest BCUT2D eigenvalue weighted by Crippen LogP contribution is -2.31. The molecule has 0 saturated heterocycles. The Morgan fingerprint density at radius 1 is 1.38 bits per heavy atom. The predicted molar refractivity (Wildman–Crippen MR) is 83.0 cm³/mol. The fraction of sp³-hybridized carbons (Fsp3) is 0.467. The van der Waals surface area contributed by atoms with Crippen LogP contribution in [0.15, 0.2) is 17.3 Å². The first-order valence-electron chi connectivity index (χ1n) is 7.19. The van der Waals surface area contributed by atoms with Crippen molar-refractivity contribution in [1.29, 1.82) is 0 Å². The van der Waals surface area contributed by atoms with Gasteiger partial charge in [-0.1, -0.05) is 0 Å². The van der Waals surface area contributed by atoms with Crippen molar-refractivity contribution in [1.82, 2.24) is 4.98 Å². The third kappa shape index (κ3) is 4.12. The molecule has 1 aromatic heterocycles. The second kappa shape index (κ2) is 6.34. The second-order valence-corrected chi connectivity index (χ2v) is 6.22. The average molecular weight is 335 g/mol. The summed E-state index contributed by atoms with van der Waals surface area (Å²) in [6, 6.07) is 1.18. The Morgan fingerprint density at radius 3 is 2.58 bits per heavy atom. The zero-order valence-corrected chi connectivity index (χ0v) is 13.7. The summed E-state index contributed by atoms with van der Waals surface area (Å²) in [7, 11) is 0. The van der Waals surface area contributed by atoms with Gasteiger partial charge in [0.2, 0.25) is 0 Å². The van der Waals surface area contributed by atoms with E-state index in [2.05, 4.69) is 9.98 Å². The number of rotatable bonds is 3. The van der Waals surface area contributed by atoms with Gasteiger partial charge in [0, 0.05) is 19.4 Å². The SMILES string of the molecule is CC(=O)OC1CC(C(=O)OC(C)(C)C)=Nc2cc([N+](=O)[O-])cnc21. The van der Waals surface area contributed by atoms with Gasteiger partial charge in [-0.05, 0) is 20.8 Å². The lowest BCUT2D eigenvalue weighted by Gasteiger charge is -2.25. The van der Waals surface area contributed by atoms with E-state index in [9.17, 15) is 19.7 Å². The summed E-state index contributed by atoms with van der Waals surface area (Å²) in [4.78, 5) is 41.9. The molecule has 128 valence electrons. The topological polar surface area (TPSA) is 121 Å². The number of hydrogen-bond donors (Lipinski definition) is 0. The standard InChI is InChI=1S/C15H17N3O6/c1-8(19)23-12-6-11(14(20)24-15(2,3)4)17-10-5-9(18(21)22)7-16-13(10)12/h5,7,12H,6H2,1-4H3. The van der Waals surface area contributed by atoms with Crippen LogP contribution in [0.5, 0.6) is 0 Å². The molecule has 1 aliphatic rings. The lowest BCUT2D eigenvalue weighted by atomic mass is 10.0. The van der Waals surface area contributed by atoms with Crippen LogP contribution < -0.4 is 0 Å². The number of carbonyl (C=O) groups is 2. The zero-order valence-electron chi connectivity index (χ0n) is 13.7. The minimum absolute atomic E-state index is 0.00763. The summed E-state index contributed by atoms with van der Waals surface area (Å²) in [5.74, 6) is -1.23. The molecule has 9 nitrogen and oxygen atoms in total. The van der Waals surface area contributed by atoms with Gasteiger partial charge < -0.3 is 9.47 Å². The summed E-state index contributed by atoms with van der Waals surface area (Å²) < 4.78 is 10.4. The first-order valence-corrected chi connectivity index (χ1v) is 7.19. The van der Waals surface area contributed by atoms with Crippen molar-refractivity contribution >= 4 is 29.0 Å². The lowest BCUT2D eigenvalue weighted by molar-refractivity contribution is -0.385. The molecule has 0 amide bonds. The minimum Gasteiger partial charge on any atom is -0.456 e. The molecule has 0 aromatic carbocycles. The molecule has 1 atom stereocenters. The molecule has 1 unspecified atom stereocenters. The van der Waals surface area contributed by atoms with Gasteiger partial charge in [0.05, 0.1) is 10.6 Å². The van der Waals surface area contributed by atoms with Crippen molar-refractivity contribution in [3.05, 3.63) is 28.1 Å². The van der Waals surface area contributed by atoms with Gasteiger partial charge in [0.15, 0.2) is 6.10 Å². The largest absolute Gasteiger partial charge is 0.456 e. The monoisotopic (exact) mass is 335 g/mol. The van der Waals surface area contributed by atoms with Crippen molar-refractivity contribution < 1.29 is 24.0 Å². The second-order valence-electron chi connectivity index (χ2n) is 6.22. The Bertz CT molecular complexity index is 735. The number of hydrogen-bond acceptors (Lipinski definition) is 8. The van der Waals surface area contributed by atoms with Gasteiger partial charge >= 0.3 is 11.9 Å². The van der Waals surface area contributed by atoms with Crippen molar-refractivity contribution in [2.45, 2.75) is 45.8 Å². The number of aliphatic imine (C=N–C) groups is 1. The summed E-state index contributed by atoms with van der Waals surface area (Å²) in [5.41, 5.74) is -0.598. The van der Waals surface area contributed by atoms with E-state index in [1.807, 2.05) is 0 Å². The average Bonchev–Trinajstić information content (AvgIpc) is 2.43. The van der Waals surface area contributed by atoms with E-state index in [0.29, 0.717) is 0 Å². The Kier molecular flexibility index (Phi) is 4.63. The third-order valence-electron chi connectivity index (χ3n) is 2.98. The molecule has 0 saturated carbocycles. The highest BCUT2D eigenvalue weighted by Crippen LogP contribution is 2.36. The van der Waals surface area contributed by atoms with E-state index < -0.39 is 28.6 Å². The Labute approximate surface area is 137 Å². The van der Waals surface area contributed by atoms with Crippen LogP contribution in [0.3, 0.4) is 0 Å². The fourth-order valence-corrected chi connectivity index (χ4v) is 2.12. The number of ether oxygens (including phenoxy) is 2. The maximum atomic E-state index is 12.2. The first-order chi connectivity index (χ1) is 11.1. The number of aromatic nitrogens is 1. The van der Waals surface area contributed by atoms with Crippen LogP contribution in [-0.4, -0.2) is 33.2 Å². The van der Waals surface area contributed by atoms with Crippen molar-refractivity contribution in [2.75, 3.05) is 0 Å². The molecular formula is C15H17N3O6. The third-order valence-corrected chi connectivity index (χ3v) is 2.98. The molecule has 2 heterocycles. The predicted octanol–water partition coefficient (Wildman–Crippen LogP) is 2.41. The number of esters is 2. The van der Waals surface area contributed by atoms with Crippen molar-refractivity contribution in [3.63, 3.8) is 0 Å². The van der Waals surface area contributed by atoms with Gasteiger partial charge in [0.25, 0.3) is 5.69 Å². The maximum absolute atomic E-state index is 12.2. The molecule has 1 aliphatic heterocycles. The maximum Gasteiger partial charge on any atom is 0.353 e. The van der Waals surface area contributed by atoms with E-state index in [0.717, 1.165) is 6.20 Å². The molecule has 1 aromatic rings. The van der Waals surface area contributed by atoms with E-state index in [4.69, 9.17) is 9.47 Å². The number of nitrogens with zero attached hydrogens (tertiary/aromatic N) is 3. The molecule has 0 spiro atoms.